The summed E-state index contributed by atoms with van der Waals surface area (Å²) in [5.74, 6) is 0.107. The second kappa shape index (κ2) is 9.65. The molecule has 4 aromatic rings. The van der Waals surface area contributed by atoms with Crippen LogP contribution in [0.4, 0.5) is 5.69 Å². The minimum absolute atomic E-state index is 0.107. The van der Waals surface area contributed by atoms with Gasteiger partial charge in [-0.3, -0.25) is 15.1 Å². The molecule has 33 heavy (non-hydrogen) atoms. The van der Waals surface area contributed by atoms with Gasteiger partial charge in [0.25, 0.3) is 0 Å². The smallest absolute Gasteiger partial charge is 0.244 e. The summed E-state index contributed by atoms with van der Waals surface area (Å²) in [5.41, 5.74) is 9.36. The summed E-state index contributed by atoms with van der Waals surface area (Å²) in [6.07, 6.45) is 3.35. The number of aryl methyl sites for hydroxylation is 1. The van der Waals surface area contributed by atoms with Crippen molar-refractivity contribution in [3.8, 4) is 11.1 Å². The van der Waals surface area contributed by atoms with Gasteiger partial charge in [0.15, 0.2) is 0 Å². The Hall–Kier alpha value is -3.35. The van der Waals surface area contributed by atoms with Crippen LogP contribution in [0.3, 0.4) is 0 Å². The van der Waals surface area contributed by atoms with E-state index >= 15 is 0 Å². The Bertz CT molecular complexity index is 1240. The van der Waals surface area contributed by atoms with Crippen molar-refractivity contribution in [3.63, 3.8) is 0 Å². The average Bonchev–Trinajstić information content (AvgIpc) is 3.51. The molecule has 0 radical (unpaired) electrons. The molecule has 1 aliphatic heterocycles. The van der Waals surface area contributed by atoms with Crippen LogP contribution < -0.4 is 10.2 Å². The van der Waals surface area contributed by atoms with Crippen LogP contribution in [0.15, 0.2) is 77.8 Å². The number of anilines is 1. The van der Waals surface area contributed by atoms with E-state index in [4.69, 9.17) is 0 Å². The third-order valence-corrected chi connectivity index (χ3v) is 6.71. The summed E-state index contributed by atoms with van der Waals surface area (Å²) in [5, 5.41) is 5.50. The van der Waals surface area contributed by atoms with Gasteiger partial charge in [0.1, 0.15) is 0 Å². The molecular formula is C27H26N4OS. The number of carbonyl (C=O) groups excluding carboxylic acids is 1. The van der Waals surface area contributed by atoms with Gasteiger partial charge in [0.05, 0.1) is 17.2 Å². The third kappa shape index (κ3) is 4.87. The number of thiazole rings is 1. The van der Waals surface area contributed by atoms with Gasteiger partial charge in [0.2, 0.25) is 5.91 Å². The molecule has 1 unspecified atom stereocenters. The molecule has 0 aliphatic carbocycles. The second-order valence-electron chi connectivity index (χ2n) is 8.37. The van der Waals surface area contributed by atoms with E-state index in [2.05, 4.69) is 51.7 Å². The van der Waals surface area contributed by atoms with Crippen molar-refractivity contribution in [2.75, 3.05) is 11.4 Å². The van der Waals surface area contributed by atoms with E-state index in [9.17, 15) is 4.79 Å². The summed E-state index contributed by atoms with van der Waals surface area (Å²) in [4.78, 5) is 24.4. The van der Waals surface area contributed by atoms with Gasteiger partial charge in [-0.1, -0.05) is 42.5 Å². The Kier molecular flexibility index (Phi) is 6.28. The zero-order chi connectivity index (χ0) is 22.6. The van der Waals surface area contributed by atoms with Gasteiger partial charge in [-0.2, -0.15) is 0 Å². The van der Waals surface area contributed by atoms with Crippen molar-refractivity contribution in [1.29, 1.82) is 0 Å². The summed E-state index contributed by atoms with van der Waals surface area (Å²) >= 11 is 1.57. The topological polar surface area (TPSA) is 58.1 Å². The summed E-state index contributed by atoms with van der Waals surface area (Å²) in [7, 11) is 0. The van der Waals surface area contributed by atoms with Gasteiger partial charge in [-0.05, 0) is 60.2 Å². The monoisotopic (exact) mass is 454 g/mol. The van der Waals surface area contributed by atoms with E-state index in [0.717, 1.165) is 40.2 Å². The molecule has 3 heterocycles. The number of nitrogens with one attached hydrogen (secondary N) is 1. The van der Waals surface area contributed by atoms with E-state index in [0.29, 0.717) is 19.5 Å². The second-order valence-corrected chi connectivity index (χ2v) is 9.09. The van der Waals surface area contributed by atoms with Crippen LogP contribution >= 0.6 is 11.3 Å². The molecule has 0 spiro atoms. The molecule has 166 valence electrons. The fourth-order valence-corrected chi connectivity index (χ4v) is 4.91. The van der Waals surface area contributed by atoms with Crippen LogP contribution in [0.5, 0.6) is 0 Å². The molecule has 1 atom stereocenters. The predicted molar refractivity (Wildman–Crippen MR) is 133 cm³/mol. The molecule has 0 fully saturated rings. The van der Waals surface area contributed by atoms with Gasteiger partial charge >= 0.3 is 0 Å². The standard InChI is InChI=1S/C27H26N4OS/c1-19-13-23(9-11-28-19)22-8-7-21-10-12-31(26(21)15-22)27(32)25(14-20-5-3-2-4-6-20)29-16-24-17-33-18-30-24/h2-9,11,13,15,17-18,25,29H,10,12,14,16H2,1H3. The van der Waals surface area contributed by atoms with Crippen LogP contribution in [0.2, 0.25) is 0 Å². The largest absolute Gasteiger partial charge is 0.310 e. The number of benzene rings is 2. The Morgan fingerprint density at radius 1 is 1.09 bits per heavy atom. The molecule has 1 aliphatic rings. The maximum absolute atomic E-state index is 13.8. The summed E-state index contributed by atoms with van der Waals surface area (Å²) < 4.78 is 0. The maximum atomic E-state index is 13.8. The lowest BCUT2D eigenvalue weighted by Gasteiger charge is -2.25. The lowest BCUT2D eigenvalue weighted by atomic mass is 10.0. The van der Waals surface area contributed by atoms with Crippen molar-refractivity contribution >= 4 is 22.9 Å². The molecule has 0 saturated heterocycles. The molecule has 5 nitrogen and oxygen atoms in total. The Morgan fingerprint density at radius 2 is 1.94 bits per heavy atom. The number of hydrogen-bond donors (Lipinski definition) is 1. The minimum Gasteiger partial charge on any atom is -0.310 e. The highest BCUT2D eigenvalue weighted by Gasteiger charge is 2.30. The summed E-state index contributed by atoms with van der Waals surface area (Å²) in [6.45, 7) is 3.27. The van der Waals surface area contributed by atoms with Gasteiger partial charge in [0, 0.05) is 36.0 Å². The number of carbonyl (C=O) groups is 1. The van der Waals surface area contributed by atoms with Gasteiger partial charge in [-0.15, -0.1) is 11.3 Å². The highest BCUT2D eigenvalue weighted by atomic mass is 32.1. The fourth-order valence-electron chi connectivity index (χ4n) is 4.35. The van der Waals surface area contributed by atoms with Crippen LogP contribution in [-0.4, -0.2) is 28.5 Å². The van der Waals surface area contributed by atoms with Crippen LogP contribution in [0.25, 0.3) is 11.1 Å². The van der Waals surface area contributed by atoms with E-state index in [1.165, 1.54) is 5.56 Å². The van der Waals surface area contributed by atoms with Crippen molar-refractivity contribution in [1.82, 2.24) is 15.3 Å². The normalized spacial score (nSPS) is 13.7. The van der Waals surface area contributed by atoms with Crippen LogP contribution in [-0.2, 0) is 24.2 Å². The molecular weight excluding hydrogens is 428 g/mol. The predicted octanol–water partition coefficient (Wildman–Crippen LogP) is 4.80. The van der Waals surface area contributed by atoms with Gasteiger partial charge in [-0.25, -0.2) is 4.98 Å². The minimum atomic E-state index is -0.327. The molecule has 0 bridgehead atoms. The Morgan fingerprint density at radius 3 is 2.73 bits per heavy atom. The van der Waals surface area contributed by atoms with E-state index in [1.807, 2.05) is 53.2 Å². The molecule has 0 saturated carbocycles. The maximum Gasteiger partial charge on any atom is 0.244 e. The quantitative estimate of drug-likeness (QED) is 0.436. The van der Waals surface area contributed by atoms with Gasteiger partial charge < -0.3 is 4.90 Å². The first-order valence-corrected chi connectivity index (χ1v) is 12.1. The van der Waals surface area contributed by atoms with E-state index in [-0.39, 0.29) is 11.9 Å². The van der Waals surface area contributed by atoms with Crippen molar-refractivity contribution in [3.05, 3.63) is 100 Å². The first kappa shape index (κ1) is 21.5. The molecule has 1 amide bonds. The number of nitrogens with zero attached hydrogens (tertiary/aromatic N) is 3. The number of aromatic nitrogens is 2. The van der Waals surface area contributed by atoms with Crippen molar-refractivity contribution in [2.24, 2.45) is 0 Å². The fraction of sp³-hybridized carbons (Fsp3) is 0.222. The number of pyridine rings is 1. The number of hydrogen-bond acceptors (Lipinski definition) is 5. The zero-order valence-corrected chi connectivity index (χ0v) is 19.4. The highest BCUT2D eigenvalue weighted by Crippen LogP contribution is 2.33. The van der Waals surface area contributed by atoms with Crippen molar-refractivity contribution < 1.29 is 4.79 Å². The lowest BCUT2D eigenvalue weighted by Crippen LogP contribution is -2.47. The molecule has 2 aromatic heterocycles. The lowest BCUT2D eigenvalue weighted by molar-refractivity contribution is -0.120. The molecule has 1 N–H and O–H groups in total. The Balaban J connectivity index is 1.42. The molecule has 5 rings (SSSR count). The average molecular weight is 455 g/mol. The van der Waals surface area contributed by atoms with Crippen LogP contribution in [0, 0.1) is 6.92 Å². The first-order chi connectivity index (χ1) is 16.2. The SMILES string of the molecule is Cc1cc(-c2ccc3c(c2)N(C(=O)C(Cc2ccccc2)NCc2cscn2)CC3)ccn1. The van der Waals surface area contributed by atoms with Crippen molar-refractivity contribution in [2.45, 2.75) is 32.4 Å². The van der Waals surface area contributed by atoms with E-state index in [1.54, 1.807) is 11.3 Å². The Labute approximate surface area is 198 Å². The molecule has 6 heteroatoms. The third-order valence-electron chi connectivity index (χ3n) is 6.07. The van der Waals surface area contributed by atoms with E-state index < -0.39 is 0 Å². The zero-order valence-electron chi connectivity index (χ0n) is 18.6. The van der Waals surface area contributed by atoms with Crippen LogP contribution in [0.1, 0.15) is 22.5 Å². The number of amides is 1. The number of rotatable bonds is 7. The molecule has 2 aromatic carbocycles. The number of fused-ring (bicyclic) bond motifs is 1. The highest BCUT2D eigenvalue weighted by molar-refractivity contribution is 7.07. The summed E-state index contributed by atoms with van der Waals surface area (Å²) in [6, 6.07) is 20.4. The first-order valence-electron chi connectivity index (χ1n) is 11.2.